The monoisotopic (exact) mass is 337 g/mol. The number of hydrogen-bond donors (Lipinski definition) is 1. The molecule has 0 fully saturated rings. The van der Waals surface area contributed by atoms with Gasteiger partial charge < -0.3 is 10.1 Å². The summed E-state index contributed by atoms with van der Waals surface area (Å²) in [5.41, 5.74) is 0.815. The highest BCUT2D eigenvalue weighted by atomic mass is 35.5. The highest BCUT2D eigenvalue weighted by Gasteiger charge is 2.14. The number of halogens is 1. The summed E-state index contributed by atoms with van der Waals surface area (Å²) in [4.78, 5) is 13.5. The third-order valence-corrected chi connectivity index (χ3v) is 4.38. The molecule has 1 aromatic heterocycles. The Kier molecular flexibility index (Phi) is 6.28. The second kappa shape index (κ2) is 8.20. The van der Waals surface area contributed by atoms with E-state index in [4.69, 9.17) is 16.3 Å². The average Bonchev–Trinajstić information content (AvgIpc) is 2.95. The number of amides is 1. The van der Waals surface area contributed by atoms with E-state index in [1.165, 1.54) is 4.88 Å². The van der Waals surface area contributed by atoms with Crippen LogP contribution in [0, 0.1) is 0 Å². The Morgan fingerprint density at radius 3 is 2.86 bits per heavy atom. The Morgan fingerprint density at radius 1 is 1.36 bits per heavy atom. The molecule has 118 valence electrons. The van der Waals surface area contributed by atoms with Gasteiger partial charge in [-0.1, -0.05) is 29.8 Å². The van der Waals surface area contributed by atoms with Crippen LogP contribution in [-0.2, 0) is 17.6 Å². The van der Waals surface area contributed by atoms with Crippen LogP contribution in [0.15, 0.2) is 35.7 Å². The van der Waals surface area contributed by atoms with E-state index in [1.54, 1.807) is 17.4 Å². The van der Waals surface area contributed by atoms with Crippen molar-refractivity contribution in [1.82, 2.24) is 5.32 Å². The van der Waals surface area contributed by atoms with Gasteiger partial charge in [-0.2, -0.15) is 0 Å². The predicted molar refractivity (Wildman–Crippen MR) is 92.0 cm³/mol. The average molecular weight is 338 g/mol. The van der Waals surface area contributed by atoms with Crippen LogP contribution in [-0.4, -0.2) is 18.6 Å². The Balaban J connectivity index is 1.95. The minimum atomic E-state index is -0.0210. The zero-order valence-electron chi connectivity index (χ0n) is 12.8. The smallest absolute Gasteiger partial charge is 0.224 e. The first-order valence-corrected chi connectivity index (χ1v) is 8.57. The molecule has 0 aliphatic rings. The quantitative estimate of drug-likeness (QED) is 0.826. The molecule has 0 saturated carbocycles. The van der Waals surface area contributed by atoms with E-state index in [-0.39, 0.29) is 18.4 Å². The maximum absolute atomic E-state index is 12.2. The summed E-state index contributed by atoms with van der Waals surface area (Å²) in [7, 11) is 0. The van der Waals surface area contributed by atoms with Crippen molar-refractivity contribution in [3.8, 4) is 5.75 Å². The fourth-order valence-corrected chi connectivity index (χ4v) is 3.36. The lowest BCUT2D eigenvalue weighted by Gasteiger charge is -2.15. The van der Waals surface area contributed by atoms with Crippen LogP contribution in [0.4, 0.5) is 0 Å². The first-order valence-electron chi connectivity index (χ1n) is 7.32. The Morgan fingerprint density at radius 2 is 2.18 bits per heavy atom. The number of carbonyl (C=O) groups excluding carboxylic acids is 1. The van der Waals surface area contributed by atoms with Crippen molar-refractivity contribution in [1.29, 1.82) is 0 Å². The molecule has 22 heavy (non-hydrogen) atoms. The van der Waals surface area contributed by atoms with E-state index in [0.717, 1.165) is 12.0 Å². The summed E-state index contributed by atoms with van der Waals surface area (Å²) in [6, 6.07) is 9.68. The highest BCUT2D eigenvalue weighted by Crippen LogP contribution is 2.29. The summed E-state index contributed by atoms with van der Waals surface area (Å²) in [5.74, 6) is 0.583. The topological polar surface area (TPSA) is 38.3 Å². The van der Waals surface area contributed by atoms with Crippen LogP contribution >= 0.6 is 22.9 Å². The lowest BCUT2D eigenvalue weighted by Crippen LogP contribution is -2.35. The summed E-state index contributed by atoms with van der Waals surface area (Å²) in [6.45, 7) is 4.43. The Bertz CT molecular complexity index is 613. The summed E-state index contributed by atoms with van der Waals surface area (Å²) in [6.07, 6.45) is 1.11. The molecule has 0 aliphatic carbocycles. The van der Waals surface area contributed by atoms with Crippen molar-refractivity contribution < 1.29 is 9.53 Å². The number of carbonyl (C=O) groups is 1. The van der Waals surface area contributed by atoms with E-state index in [1.807, 2.05) is 37.4 Å². The minimum absolute atomic E-state index is 0.0210. The largest absolute Gasteiger partial charge is 0.492 e. The first kappa shape index (κ1) is 16.8. The number of ether oxygens (including phenoxy) is 1. The van der Waals surface area contributed by atoms with E-state index in [2.05, 4.69) is 11.4 Å². The number of thiophene rings is 1. The van der Waals surface area contributed by atoms with E-state index >= 15 is 0 Å². The van der Waals surface area contributed by atoms with Crippen molar-refractivity contribution in [2.75, 3.05) is 6.61 Å². The zero-order valence-corrected chi connectivity index (χ0v) is 14.3. The van der Waals surface area contributed by atoms with E-state index < -0.39 is 0 Å². The lowest BCUT2D eigenvalue weighted by atomic mass is 10.1. The molecule has 1 heterocycles. The number of nitrogens with one attached hydrogen (secondary N) is 1. The molecule has 0 aliphatic heterocycles. The van der Waals surface area contributed by atoms with Gasteiger partial charge in [0.25, 0.3) is 0 Å². The number of rotatable bonds is 7. The fourth-order valence-electron chi connectivity index (χ4n) is 2.28. The van der Waals surface area contributed by atoms with Gasteiger partial charge in [-0.25, -0.2) is 0 Å². The Hall–Kier alpha value is -1.52. The van der Waals surface area contributed by atoms with Crippen LogP contribution in [0.3, 0.4) is 0 Å². The van der Waals surface area contributed by atoms with Crippen LogP contribution < -0.4 is 10.1 Å². The molecule has 1 atom stereocenters. The van der Waals surface area contributed by atoms with Gasteiger partial charge in [-0.15, -0.1) is 11.3 Å². The first-order chi connectivity index (χ1) is 10.6. The molecule has 2 aromatic rings. The van der Waals surface area contributed by atoms with Gasteiger partial charge >= 0.3 is 0 Å². The van der Waals surface area contributed by atoms with Crippen molar-refractivity contribution in [3.63, 3.8) is 0 Å². The third kappa shape index (κ3) is 4.75. The summed E-state index contributed by atoms with van der Waals surface area (Å²) >= 11 is 7.84. The Labute approximate surface area is 140 Å². The number of para-hydroxylation sites is 1. The van der Waals surface area contributed by atoms with Crippen LogP contribution in [0.25, 0.3) is 0 Å². The molecule has 1 N–H and O–H groups in total. The van der Waals surface area contributed by atoms with Crippen LogP contribution in [0.2, 0.25) is 5.02 Å². The second-order valence-corrected chi connectivity index (χ2v) is 6.53. The summed E-state index contributed by atoms with van der Waals surface area (Å²) < 4.78 is 5.55. The molecule has 0 saturated heterocycles. The van der Waals surface area contributed by atoms with Crippen LogP contribution in [0.1, 0.15) is 24.3 Å². The normalized spacial score (nSPS) is 12.0. The lowest BCUT2D eigenvalue weighted by molar-refractivity contribution is -0.121. The van der Waals surface area contributed by atoms with Gasteiger partial charge in [-0.05, 0) is 31.4 Å². The molecule has 3 nitrogen and oxygen atoms in total. The van der Waals surface area contributed by atoms with Gasteiger partial charge in [0.1, 0.15) is 5.75 Å². The van der Waals surface area contributed by atoms with Gasteiger partial charge in [0.15, 0.2) is 0 Å². The number of benzene rings is 1. The molecule has 1 unspecified atom stereocenters. The van der Waals surface area contributed by atoms with E-state index in [0.29, 0.717) is 17.4 Å². The molecule has 0 radical (unpaired) electrons. The van der Waals surface area contributed by atoms with Gasteiger partial charge in [0.05, 0.1) is 18.1 Å². The molecular weight excluding hydrogens is 318 g/mol. The van der Waals surface area contributed by atoms with Crippen molar-refractivity contribution in [2.45, 2.75) is 32.7 Å². The maximum atomic E-state index is 12.2. The molecule has 5 heteroatoms. The molecule has 0 bridgehead atoms. The van der Waals surface area contributed by atoms with Gasteiger partial charge in [0, 0.05) is 22.9 Å². The maximum Gasteiger partial charge on any atom is 0.224 e. The predicted octanol–water partition coefficient (Wildman–Crippen LogP) is 4.09. The van der Waals surface area contributed by atoms with Gasteiger partial charge in [0.2, 0.25) is 5.91 Å². The zero-order chi connectivity index (χ0) is 15.9. The van der Waals surface area contributed by atoms with E-state index in [9.17, 15) is 4.79 Å². The van der Waals surface area contributed by atoms with Crippen molar-refractivity contribution in [3.05, 3.63) is 51.2 Å². The molecule has 2 rings (SSSR count). The summed E-state index contributed by atoms with van der Waals surface area (Å²) in [5, 5.41) is 5.61. The molecule has 0 spiro atoms. The second-order valence-electron chi connectivity index (χ2n) is 5.09. The minimum Gasteiger partial charge on any atom is -0.492 e. The van der Waals surface area contributed by atoms with Crippen molar-refractivity contribution >= 4 is 28.8 Å². The SMILES string of the molecule is CCOc1c(Cl)cccc1CC(=O)NC(C)Cc1cccs1. The van der Waals surface area contributed by atoms with Gasteiger partial charge in [-0.3, -0.25) is 4.79 Å². The molecule has 1 aromatic carbocycles. The molecule has 1 amide bonds. The standard InChI is InChI=1S/C17H20ClNO2S/c1-3-21-17-13(6-4-8-15(17)18)11-16(20)19-12(2)10-14-7-5-9-22-14/h4-9,12H,3,10-11H2,1-2H3,(H,19,20). The van der Waals surface area contributed by atoms with Crippen LogP contribution in [0.5, 0.6) is 5.75 Å². The number of hydrogen-bond acceptors (Lipinski definition) is 3. The molecular formula is C17H20ClNO2S. The highest BCUT2D eigenvalue weighted by molar-refractivity contribution is 7.09. The fraction of sp³-hybridized carbons (Fsp3) is 0.353. The third-order valence-electron chi connectivity index (χ3n) is 3.18. The van der Waals surface area contributed by atoms with Crippen molar-refractivity contribution in [2.24, 2.45) is 0 Å².